The minimum atomic E-state index is 0.0606. The van der Waals surface area contributed by atoms with Crippen LogP contribution in [-0.4, -0.2) is 18.5 Å². The summed E-state index contributed by atoms with van der Waals surface area (Å²) >= 11 is 0. The normalized spacial score (nSPS) is 23.1. The van der Waals surface area contributed by atoms with E-state index in [9.17, 15) is 4.79 Å². The Morgan fingerprint density at radius 2 is 1.79 bits per heavy atom. The van der Waals surface area contributed by atoms with E-state index < -0.39 is 0 Å². The Bertz CT molecular complexity index is 428. The topological polar surface area (TPSA) is 55.1 Å². The molecule has 1 aromatic carbocycles. The maximum absolute atomic E-state index is 12.3. The zero-order valence-corrected chi connectivity index (χ0v) is 11.9. The molecule has 19 heavy (non-hydrogen) atoms. The van der Waals surface area contributed by atoms with Crippen molar-refractivity contribution in [1.29, 1.82) is 0 Å². The van der Waals surface area contributed by atoms with Gasteiger partial charge in [0.2, 0.25) is 0 Å². The molecule has 1 amide bonds. The third-order valence-corrected chi connectivity index (χ3v) is 4.15. The molecular weight excluding hydrogens is 236 g/mol. The fourth-order valence-electron chi connectivity index (χ4n) is 2.89. The first-order valence-corrected chi connectivity index (χ1v) is 7.18. The number of aryl methyl sites for hydroxylation is 2. The Kier molecular flexibility index (Phi) is 4.59. The molecule has 1 fully saturated rings. The predicted octanol–water partition coefficient (Wildman–Crippen LogP) is 2.55. The molecule has 1 saturated carbocycles. The van der Waals surface area contributed by atoms with E-state index in [2.05, 4.69) is 5.32 Å². The maximum atomic E-state index is 12.3. The summed E-state index contributed by atoms with van der Waals surface area (Å²) in [7, 11) is 0. The number of rotatable bonds is 3. The molecule has 0 bridgehead atoms. The Morgan fingerprint density at radius 1 is 1.21 bits per heavy atom. The van der Waals surface area contributed by atoms with Crippen LogP contribution in [-0.2, 0) is 0 Å². The summed E-state index contributed by atoms with van der Waals surface area (Å²) in [4.78, 5) is 12.3. The largest absolute Gasteiger partial charge is 0.352 e. The lowest BCUT2D eigenvalue weighted by Gasteiger charge is -2.26. The molecule has 104 valence electrons. The molecule has 1 aromatic rings. The molecule has 0 aliphatic heterocycles. The van der Waals surface area contributed by atoms with Crippen LogP contribution in [0.4, 0.5) is 0 Å². The smallest absolute Gasteiger partial charge is 0.251 e. The van der Waals surface area contributed by atoms with Gasteiger partial charge < -0.3 is 11.1 Å². The van der Waals surface area contributed by atoms with Crippen molar-refractivity contribution in [2.24, 2.45) is 11.7 Å². The minimum Gasteiger partial charge on any atom is -0.352 e. The van der Waals surface area contributed by atoms with Gasteiger partial charge in [0.05, 0.1) is 0 Å². The van der Waals surface area contributed by atoms with Crippen molar-refractivity contribution in [3.05, 3.63) is 34.9 Å². The molecule has 0 unspecified atom stereocenters. The number of nitrogens with two attached hydrogens (primary N) is 1. The molecular formula is C16H24N2O. The molecule has 2 rings (SSSR count). The van der Waals surface area contributed by atoms with Crippen molar-refractivity contribution in [2.75, 3.05) is 6.54 Å². The second-order valence-electron chi connectivity index (χ2n) is 5.76. The molecule has 3 nitrogen and oxygen atoms in total. The monoisotopic (exact) mass is 260 g/mol. The molecule has 3 N–H and O–H groups in total. The van der Waals surface area contributed by atoms with Crippen LogP contribution in [0.25, 0.3) is 0 Å². The highest BCUT2D eigenvalue weighted by Gasteiger charge is 2.19. The van der Waals surface area contributed by atoms with Gasteiger partial charge in [-0.3, -0.25) is 4.79 Å². The van der Waals surface area contributed by atoms with Crippen molar-refractivity contribution in [3.63, 3.8) is 0 Å². The lowest BCUT2D eigenvalue weighted by molar-refractivity contribution is 0.0942. The summed E-state index contributed by atoms with van der Waals surface area (Å²) in [6, 6.07) is 6.33. The second-order valence-corrected chi connectivity index (χ2v) is 5.76. The fraction of sp³-hybridized carbons (Fsp3) is 0.562. The molecule has 1 aliphatic rings. The van der Waals surface area contributed by atoms with Crippen LogP contribution in [0.1, 0.15) is 47.2 Å². The SMILES string of the molecule is Cc1cccc(C)c1C(=O)NCC1CCC(N)CC1. The third kappa shape index (κ3) is 3.57. The van der Waals surface area contributed by atoms with Crippen LogP contribution in [0, 0.1) is 19.8 Å². The first kappa shape index (κ1) is 14.1. The summed E-state index contributed by atoms with van der Waals surface area (Å²) in [5.41, 5.74) is 8.81. The predicted molar refractivity (Wildman–Crippen MR) is 78.2 cm³/mol. The lowest BCUT2D eigenvalue weighted by Crippen LogP contribution is -2.34. The average Bonchev–Trinajstić information content (AvgIpc) is 2.38. The third-order valence-electron chi connectivity index (χ3n) is 4.15. The molecule has 3 heteroatoms. The summed E-state index contributed by atoms with van der Waals surface area (Å²) in [6.45, 7) is 4.75. The summed E-state index contributed by atoms with van der Waals surface area (Å²) < 4.78 is 0. The molecule has 0 heterocycles. The number of benzene rings is 1. The van der Waals surface area contributed by atoms with E-state index in [1.807, 2.05) is 32.0 Å². The van der Waals surface area contributed by atoms with Crippen LogP contribution >= 0.6 is 0 Å². The van der Waals surface area contributed by atoms with Gasteiger partial charge >= 0.3 is 0 Å². The van der Waals surface area contributed by atoms with Crippen LogP contribution in [0.15, 0.2) is 18.2 Å². The molecule has 0 saturated heterocycles. The van der Waals surface area contributed by atoms with Crippen LogP contribution < -0.4 is 11.1 Å². The van der Waals surface area contributed by atoms with Gasteiger partial charge in [0, 0.05) is 18.2 Å². The van der Waals surface area contributed by atoms with Crippen LogP contribution in [0.3, 0.4) is 0 Å². The maximum Gasteiger partial charge on any atom is 0.251 e. The van der Waals surface area contributed by atoms with Gasteiger partial charge in [0.15, 0.2) is 0 Å². The van der Waals surface area contributed by atoms with Crippen molar-refractivity contribution >= 4 is 5.91 Å². The van der Waals surface area contributed by atoms with Crippen LogP contribution in [0.5, 0.6) is 0 Å². The highest BCUT2D eigenvalue weighted by atomic mass is 16.1. The Labute approximate surface area is 115 Å². The highest BCUT2D eigenvalue weighted by Crippen LogP contribution is 2.22. The van der Waals surface area contributed by atoms with E-state index in [1.54, 1.807) is 0 Å². The van der Waals surface area contributed by atoms with E-state index in [0.29, 0.717) is 12.0 Å². The van der Waals surface area contributed by atoms with E-state index in [4.69, 9.17) is 5.73 Å². The van der Waals surface area contributed by atoms with Gasteiger partial charge in [0.25, 0.3) is 5.91 Å². The minimum absolute atomic E-state index is 0.0606. The quantitative estimate of drug-likeness (QED) is 0.877. The lowest BCUT2D eigenvalue weighted by atomic mass is 9.86. The van der Waals surface area contributed by atoms with Crippen molar-refractivity contribution < 1.29 is 4.79 Å². The number of nitrogens with one attached hydrogen (secondary N) is 1. The van der Waals surface area contributed by atoms with E-state index in [1.165, 1.54) is 0 Å². The van der Waals surface area contributed by atoms with Gasteiger partial charge in [-0.15, -0.1) is 0 Å². The number of hydrogen-bond acceptors (Lipinski definition) is 2. The van der Waals surface area contributed by atoms with Gasteiger partial charge in [-0.25, -0.2) is 0 Å². The Balaban J connectivity index is 1.91. The second kappa shape index (κ2) is 6.20. The van der Waals surface area contributed by atoms with Crippen molar-refractivity contribution in [1.82, 2.24) is 5.32 Å². The molecule has 0 aromatic heterocycles. The zero-order chi connectivity index (χ0) is 13.8. The number of hydrogen-bond donors (Lipinski definition) is 2. The number of carbonyl (C=O) groups is 1. The summed E-state index contributed by atoms with van der Waals surface area (Å²) in [5, 5.41) is 3.09. The van der Waals surface area contributed by atoms with Gasteiger partial charge in [-0.05, 0) is 56.6 Å². The molecule has 1 aliphatic carbocycles. The zero-order valence-electron chi connectivity index (χ0n) is 11.9. The number of carbonyl (C=O) groups excluding carboxylic acids is 1. The van der Waals surface area contributed by atoms with Crippen molar-refractivity contribution in [3.8, 4) is 0 Å². The Morgan fingerprint density at radius 3 is 2.37 bits per heavy atom. The first-order valence-electron chi connectivity index (χ1n) is 7.18. The van der Waals surface area contributed by atoms with Crippen LogP contribution in [0.2, 0.25) is 0 Å². The van der Waals surface area contributed by atoms with Gasteiger partial charge in [-0.1, -0.05) is 18.2 Å². The molecule has 0 atom stereocenters. The molecule has 0 radical (unpaired) electrons. The number of amides is 1. The highest BCUT2D eigenvalue weighted by molar-refractivity contribution is 5.97. The summed E-state index contributed by atoms with van der Waals surface area (Å²) in [5.74, 6) is 0.651. The van der Waals surface area contributed by atoms with Gasteiger partial charge in [-0.2, -0.15) is 0 Å². The first-order chi connectivity index (χ1) is 9.08. The standard InChI is InChI=1S/C16H24N2O/c1-11-4-3-5-12(2)15(11)16(19)18-10-13-6-8-14(17)9-7-13/h3-5,13-14H,6-10,17H2,1-2H3,(H,18,19). The Hall–Kier alpha value is -1.35. The summed E-state index contributed by atoms with van der Waals surface area (Å²) in [6.07, 6.45) is 4.44. The van der Waals surface area contributed by atoms with E-state index in [0.717, 1.165) is 48.9 Å². The van der Waals surface area contributed by atoms with E-state index in [-0.39, 0.29) is 5.91 Å². The van der Waals surface area contributed by atoms with Crippen molar-refractivity contribution in [2.45, 2.75) is 45.6 Å². The average molecular weight is 260 g/mol. The molecule has 0 spiro atoms. The fourth-order valence-corrected chi connectivity index (χ4v) is 2.89. The van der Waals surface area contributed by atoms with E-state index >= 15 is 0 Å². The van der Waals surface area contributed by atoms with Gasteiger partial charge in [0.1, 0.15) is 0 Å².